The fraction of sp³-hybridized carbons (Fsp3) is 0.333. The molecular weight excluding hydrogens is 271 g/mol. The zero-order valence-electron chi connectivity index (χ0n) is 9.88. The highest BCUT2D eigenvalue weighted by Gasteiger charge is 2.23. The molecular formula is C12H11FN2O3S. The number of phenolic OH excluding ortho intramolecular Hbond substituents is 1. The minimum Gasteiger partial charge on any atom is -0.507 e. The highest BCUT2D eigenvalue weighted by atomic mass is 32.2. The Bertz CT molecular complexity index is 584. The second kappa shape index (κ2) is 5.18. The lowest BCUT2D eigenvalue weighted by Crippen LogP contribution is -2.16. The Labute approximate surface area is 112 Å². The highest BCUT2D eigenvalue weighted by molar-refractivity contribution is 7.99. The molecule has 1 atom stereocenters. The molecule has 100 valence electrons. The summed E-state index contributed by atoms with van der Waals surface area (Å²) < 4.78 is 23.8. The van der Waals surface area contributed by atoms with Crippen LogP contribution in [0.3, 0.4) is 0 Å². The van der Waals surface area contributed by atoms with E-state index in [1.54, 1.807) is 11.8 Å². The molecule has 0 bridgehead atoms. The number of hydrogen-bond donors (Lipinski definition) is 1. The van der Waals surface area contributed by atoms with Crippen molar-refractivity contribution in [2.24, 2.45) is 0 Å². The van der Waals surface area contributed by atoms with E-state index in [0.717, 1.165) is 23.6 Å². The maximum Gasteiger partial charge on any atom is 0.261 e. The summed E-state index contributed by atoms with van der Waals surface area (Å²) in [5.41, 5.74) is 0.183. The predicted molar refractivity (Wildman–Crippen MR) is 67.4 cm³/mol. The topological polar surface area (TPSA) is 68.4 Å². The van der Waals surface area contributed by atoms with E-state index in [1.165, 1.54) is 6.07 Å². The molecule has 0 amide bonds. The van der Waals surface area contributed by atoms with Crippen LogP contribution in [0, 0.1) is 5.82 Å². The lowest BCUT2D eigenvalue weighted by molar-refractivity contribution is 0.0677. The summed E-state index contributed by atoms with van der Waals surface area (Å²) in [6, 6.07) is 3.57. The van der Waals surface area contributed by atoms with E-state index >= 15 is 0 Å². The van der Waals surface area contributed by atoms with Crippen LogP contribution in [-0.2, 0) is 4.74 Å². The van der Waals surface area contributed by atoms with Crippen molar-refractivity contribution in [3.63, 3.8) is 0 Å². The molecule has 0 radical (unpaired) electrons. The smallest absolute Gasteiger partial charge is 0.261 e. The van der Waals surface area contributed by atoms with Crippen LogP contribution in [0.4, 0.5) is 4.39 Å². The normalized spacial score (nSPS) is 19.5. The number of rotatable bonds is 2. The molecule has 1 aliphatic heterocycles. The second-order valence-corrected chi connectivity index (χ2v) is 5.20. The summed E-state index contributed by atoms with van der Waals surface area (Å²) in [6.07, 6.45) is -0.216. The van der Waals surface area contributed by atoms with Crippen molar-refractivity contribution in [2.45, 2.75) is 6.10 Å². The van der Waals surface area contributed by atoms with Crippen molar-refractivity contribution in [1.82, 2.24) is 10.1 Å². The van der Waals surface area contributed by atoms with Crippen LogP contribution in [0.25, 0.3) is 11.5 Å². The van der Waals surface area contributed by atoms with Gasteiger partial charge in [0.25, 0.3) is 5.89 Å². The monoisotopic (exact) mass is 282 g/mol. The van der Waals surface area contributed by atoms with Crippen molar-refractivity contribution in [2.75, 3.05) is 18.1 Å². The highest BCUT2D eigenvalue weighted by Crippen LogP contribution is 2.31. The van der Waals surface area contributed by atoms with E-state index in [2.05, 4.69) is 10.1 Å². The van der Waals surface area contributed by atoms with Crippen LogP contribution in [0.1, 0.15) is 11.9 Å². The Balaban J connectivity index is 1.89. The Hall–Kier alpha value is -1.60. The molecule has 1 unspecified atom stereocenters. The number of ether oxygens (including phenoxy) is 1. The van der Waals surface area contributed by atoms with Crippen LogP contribution in [0.5, 0.6) is 5.75 Å². The van der Waals surface area contributed by atoms with Gasteiger partial charge in [-0.15, -0.1) is 0 Å². The Morgan fingerprint density at radius 1 is 1.42 bits per heavy atom. The molecule has 1 aromatic heterocycles. The number of phenols is 1. The van der Waals surface area contributed by atoms with E-state index in [0.29, 0.717) is 12.4 Å². The van der Waals surface area contributed by atoms with Crippen molar-refractivity contribution in [1.29, 1.82) is 0 Å². The van der Waals surface area contributed by atoms with Gasteiger partial charge in [-0.25, -0.2) is 4.39 Å². The zero-order valence-corrected chi connectivity index (χ0v) is 10.7. The van der Waals surface area contributed by atoms with Crippen molar-refractivity contribution in [3.8, 4) is 17.2 Å². The minimum atomic E-state index is -0.475. The second-order valence-electron chi connectivity index (χ2n) is 4.05. The van der Waals surface area contributed by atoms with E-state index in [-0.39, 0.29) is 23.3 Å². The summed E-state index contributed by atoms with van der Waals surface area (Å²) in [5, 5.41) is 13.5. The summed E-state index contributed by atoms with van der Waals surface area (Å²) >= 11 is 1.75. The number of hydrogen-bond acceptors (Lipinski definition) is 6. The lowest BCUT2D eigenvalue weighted by Gasteiger charge is -2.18. The summed E-state index contributed by atoms with van der Waals surface area (Å²) in [4.78, 5) is 4.16. The third-order valence-electron chi connectivity index (χ3n) is 2.73. The SMILES string of the molecule is Oc1ccc(F)cc1-c1nc(C2CSCCO2)no1. The summed E-state index contributed by atoms with van der Waals surface area (Å²) in [6.45, 7) is 0.643. The van der Waals surface area contributed by atoms with Crippen molar-refractivity contribution >= 4 is 11.8 Å². The molecule has 1 N–H and O–H groups in total. The zero-order chi connectivity index (χ0) is 13.2. The van der Waals surface area contributed by atoms with E-state index in [9.17, 15) is 9.50 Å². The predicted octanol–water partition coefficient (Wildman–Crippen LogP) is 2.39. The fourth-order valence-electron chi connectivity index (χ4n) is 1.79. The van der Waals surface area contributed by atoms with Crippen LogP contribution in [-0.4, -0.2) is 33.4 Å². The molecule has 1 saturated heterocycles. The standard InChI is InChI=1S/C12H11FN2O3S/c13-7-1-2-9(16)8(5-7)12-14-11(15-18-12)10-6-19-4-3-17-10/h1-2,5,10,16H,3-4,6H2. The molecule has 2 aromatic rings. The van der Waals surface area contributed by atoms with E-state index in [4.69, 9.17) is 9.26 Å². The van der Waals surface area contributed by atoms with Crippen molar-refractivity contribution in [3.05, 3.63) is 29.8 Å². The molecule has 1 aromatic carbocycles. The third kappa shape index (κ3) is 2.57. The molecule has 0 saturated carbocycles. The summed E-state index contributed by atoms with van der Waals surface area (Å²) in [7, 11) is 0. The van der Waals surface area contributed by atoms with Crippen molar-refractivity contribution < 1.29 is 18.8 Å². The molecule has 2 heterocycles. The largest absolute Gasteiger partial charge is 0.507 e. The van der Waals surface area contributed by atoms with Crippen LogP contribution in [0.15, 0.2) is 22.7 Å². The number of halogens is 1. The number of nitrogens with zero attached hydrogens (tertiary/aromatic N) is 2. The summed E-state index contributed by atoms with van der Waals surface area (Å²) in [5.74, 6) is 1.64. The van der Waals surface area contributed by atoms with Gasteiger partial charge in [0, 0.05) is 11.5 Å². The fourth-order valence-corrected chi connectivity index (χ4v) is 2.63. The van der Waals surface area contributed by atoms with Gasteiger partial charge in [-0.1, -0.05) is 5.16 Å². The van der Waals surface area contributed by atoms with Crippen LogP contribution >= 0.6 is 11.8 Å². The van der Waals surface area contributed by atoms with E-state index < -0.39 is 5.82 Å². The van der Waals surface area contributed by atoms with Gasteiger partial charge in [-0.05, 0) is 18.2 Å². The molecule has 7 heteroatoms. The average molecular weight is 282 g/mol. The third-order valence-corrected chi connectivity index (χ3v) is 3.73. The first-order chi connectivity index (χ1) is 9.24. The van der Waals surface area contributed by atoms with Gasteiger partial charge in [-0.3, -0.25) is 0 Å². The maximum atomic E-state index is 13.2. The van der Waals surface area contributed by atoms with Gasteiger partial charge in [0.2, 0.25) is 5.82 Å². The van der Waals surface area contributed by atoms with Gasteiger partial charge in [0.1, 0.15) is 17.7 Å². The number of thioether (sulfide) groups is 1. The van der Waals surface area contributed by atoms with Gasteiger partial charge in [0.15, 0.2) is 0 Å². The van der Waals surface area contributed by atoms with E-state index in [1.807, 2.05) is 0 Å². The lowest BCUT2D eigenvalue weighted by atomic mass is 10.2. The van der Waals surface area contributed by atoms with Gasteiger partial charge in [-0.2, -0.15) is 16.7 Å². The molecule has 0 spiro atoms. The number of aromatic nitrogens is 2. The van der Waals surface area contributed by atoms with Crippen LogP contribution < -0.4 is 0 Å². The molecule has 5 nitrogen and oxygen atoms in total. The molecule has 0 aliphatic carbocycles. The van der Waals surface area contributed by atoms with Gasteiger partial charge < -0.3 is 14.4 Å². The maximum absolute atomic E-state index is 13.2. The molecule has 19 heavy (non-hydrogen) atoms. The quantitative estimate of drug-likeness (QED) is 0.912. The molecule has 1 fully saturated rings. The number of aromatic hydroxyl groups is 1. The number of benzene rings is 1. The Morgan fingerprint density at radius 3 is 3.11 bits per heavy atom. The average Bonchev–Trinajstić information content (AvgIpc) is 2.92. The van der Waals surface area contributed by atoms with Crippen LogP contribution in [0.2, 0.25) is 0 Å². The Kier molecular flexibility index (Phi) is 3.39. The van der Waals surface area contributed by atoms with Gasteiger partial charge >= 0.3 is 0 Å². The first-order valence-corrected chi connectivity index (χ1v) is 6.91. The van der Waals surface area contributed by atoms with Gasteiger partial charge in [0.05, 0.1) is 12.2 Å². The minimum absolute atomic E-state index is 0.0890. The Morgan fingerprint density at radius 2 is 2.32 bits per heavy atom. The molecule has 1 aliphatic rings. The first kappa shape index (κ1) is 12.4. The molecule has 3 rings (SSSR count). The first-order valence-electron chi connectivity index (χ1n) is 5.76.